The number of ketones is 2. The second-order valence-electron chi connectivity index (χ2n) is 8.55. The van der Waals surface area contributed by atoms with Gasteiger partial charge in [0, 0.05) is 11.3 Å². The van der Waals surface area contributed by atoms with Crippen molar-refractivity contribution in [3.05, 3.63) is 36.0 Å². The molecule has 2 fully saturated rings. The first kappa shape index (κ1) is 15.1. The predicted molar refractivity (Wildman–Crippen MR) is 90.7 cm³/mol. The number of hydrogen-bond acceptors (Lipinski definition) is 2. The predicted octanol–water partition coefficient (Wildman–Crippen LogP) is 4.28. The third-order valence-electron chi connectivity index (χ3n) is 7.61. The van der Waals surface area contributed by atoms with Gasteiger partial charge >= 0.3 is 0 Å². The standard InChI is InChI=1S/C21H26O2/c1-13(22)17-6-7-18-16-5-4-14-12-15(23)8-10-20(14,2)19(16)9-11-21(17,18)3/h4-5,8,10,12,16-19H,6-7,9,11H2,1-3H3. The van der Waals surface area contributed by atoms with Crippen molar-refractivity contribution in [2.75, 3.05) is 0 Å². The Balaban J connectivity index is 1.74. The van der Waals surface area contributed by atoms with E-state index in [-0.39, 0.29) is 22.5 Å². The monoisotopic (exact) mass is 310 g/mol. The molecule has 2 heteroatoms. The smallest absolute Gasteiger partial charge is 0.178 e. The van der Waals surface area contributed by atoms with Crippen molar-refractivity contribution >= 4 is 11.6 Å². The van der Waals surface area contributed by atoms with Gasteiger partial charge < -0.3 is 0 Å². The number of allylic oxidation sites excluding steroid dienone is 6. The highest BCUT2D eigenvalue weighted by Crippen LogP contribution is 2.64. The number of rotatable bonds is 1. The summed E-state index contributed by atoms with van der Waals surface area (Å²) in [5, 5.41) is 0. The van der Waals surface area contributed by atoms with Crippen LogP contribution in [0.5, 0.6) is 0 Å². The Bertz CT molecular complexity index is 667. The number of carbonyl (C=O) groups excluding carboxylic acids is 2. The maximum atomic E-state index is 12.1. The molecule has 0 aromatic carbocycles. The van der Waals surface area contributed by atoms with Gasteiger partial charge in [-0.3, -0.25) is 9.59 Å². The number of Topliss-reactive ketones (excluding diaryl/α,β-unsaturated/α-hetero) is 1. The SMILES string of the molecule is CC(=O)C1CCC2C3C=CC4=CC(=O)C=CC4(C)C3CCC12C. The Morgan fingerprint density at radius 3 is 2.65 bits per heavy atom. The average molecular weight is 310 g/mol. The third-order valence-corrected chi connectivity index (χ3v) is 7.61. The zero-order chi connectivity index (χ0) is 16.4. The fourth-order valence-electron chi connectivity index (χ4n) is 6.32. The van der Waals surface area contributed by atoms with Crippen LogP contribution in [-0.4, -0.2) is 11.6 Å². The first-order valence-corrected chi connectivity index (χ1v) is 9.00. The Kier molecular flexibility index (Phi) is 3.14. The Morgan fingerprint density at radius 2 is 1.91 bits per heavy atom. The van der Waals surface area contributed by atoms with E-state index in [4.69, 9.17) is 0 Å². The van der Waals surface area contributed by atoms with E-state index >= 15 is 0 Å². The van der Waals surface area contributed by atoms with Gasteiger partial charge in [0.1, 0.15) is 5.78 Å². The van der Waals surface area contributed by atoms with E-state index in [9.17, 15) is 9.59 Å². The van der Waals surface area contributed by atoms with E-state index < -0.39 is 0 Å². The molecule has 0 N–H and O–H groups in total. The quantitative estimate of drug-likeness (QED) is 0.724. The maximum absolute atomic E-state index is 12.1. The van der Waals surface area contributed by atoms with E-state index in [1.165, 1.54) is 12.0 Å². The number of fused-ring (bicyclic) bond motifs is 5. The molecule has 0 aromatic rings. The Hall–Kier alpha value is -1.44. The van der Waals surface area contributed by atoms with Gasteiger partial charge in [-0.05, 0) is 73.5 Å². The van der Waals surface area contributed by atoms with E-state index in [1.807, 2.05) is 6.08 Å². The summed E-state index contributed by atoms with van der Waals surface area (Å²) in [4.78, 5) is 23.9. The van der Waals surface area contributed by atoms with Crippen LogP contribution >= 0.6 is 0 Å². The van der Waals surface area contributed by atoms with Crippen LogP contribution in [0.15, 0.2) is 36.0 Å². The summed E-state index contributed by atoms with van der Waals surface area (Å²) in [5.74, 6) is 2.44. The lowest BCUT2D eigenvalue weighted by Crippen LogP contribution is -2.48. The van der Waals surface area contributed by atoms with Gasteiger partial charge in [-0.1, -0.05) is 32.1 Å². The van der Waals surface area contributed by atoms with Crippen LogP contribution in [0.4, 0.5) is 0 Å². The van der Waals surface area contributed by atoms with Crippen molar-refractivity contribution < 1.29 is 9.59 Å². The van der Waals surface area contributed by atoms with Crippen molar-refractivity contribution in [2.24, 2.45) is 34.5 Å². The molecule has 0 radical (unpaired) electrons. The Labute approximate surface area is 138 Å². The number of hydrogen-bond donors (Lipinski definition) is 0. The van der Waals surface area contributed by atoms with E-state index in [0.29, 0.717) is 23.5 Å². The Morgan fingerprint density at radius 1 is 1.13 bits per heavy atom. The molecule has 0 aliphatic heterocycles. The molecular formula is C21H26O2. The van der Waals surface area contributed by atoms with Crippen LogP contribution in [0, 0.1) is 34.5 Å². The molecular weight excluding hydrogens is 284 g/mol. The summed E-state index contributed by atoms with van der Waals surface area (Å²) in [7, 11) is 0. The zero-order valence-corrected chi connectivity index (χ0v) is 14.3. The summed E-state index contributed by atoms with van der Waals surface area (Å²) in [6.45, 7) is 6.43. The largest absolute Gasteiger partial charge is 0.300 e. The lowest BCUT2D eigenvalue weighted by Gasteiger charge is -2.54. The molecule has 0 amide bonds. The molecule has 0 bridgehead atoms. The maximum Gasteiger partial charge on any atom is 0.178 e. The molecule has 122 valence electrons. The van der Waals surface area contributed by atoms with Crippen molar-refractivity contribution in [1.29, 1.82) is 0 Å². The van der Waals surface area contributed by atoms with Crippen molar-refractivity contribution in [1.82, 2.24) is 0 Å². The van der Waals surface area contributed by atoms with Crippen LogP contribution in [0.25, 0.3) is 0 Å². The van der Waals surface area contributed by atoms with Crippen LogP contribution < -0.4 is 0 Å². The summed E-state index contributed by atoms with van der Waals surface area (Å²) in [6, 6.07) is 0. The molecule has 4 aliphatic carbocycles. The summed E-state index contributed by atoms with van der Waals surface area (Å²) < 4.78 is 0. The highest BCUT2D eigenvalue weighted by Gasteiger charge is 2.58. The van der Waals surface area contributed by atoms with Gasteiger partial charge in [-0.25, -0.2) is 0 Å². The summed E-state index contributed by atoms with van der Waals surface area (Å²) in [5.41, 5.74) is 1.34. The van der Waals surface area contributed by atoms with Crippen LogP contribution in [0.2, 0.25) is 0 Å². The topological polar surface area (TPSA) is 34.1 Å². The molecule has 6 atom stereocenters. The normalized spacial score (nSPS) is 47.6. The first-order valence-electron chi connectivity index (χ1n) is 9.00. The second kappa shape index (κ2) is 4.78. The molecule has 23 heavy (non-hydrogen) atoms. The minimum atomic E-state index is -0.0109. The minimum Gasteiger partial charge on any atom is -0.300 e. The molecule has 4 rings (SSSR count). The van der Waals surface area contributed by atoms with Crippen LogP contribution in [0.3, 0.4) is 0 Å². The minimum absolute atomic E-state index is 0.0109. The van der Waals surface area contributed by atoms with Gasteiger partial charge in [0.05, 0.1) is 0 Å². The lowest BCUT2D eigenvalue weighted by atomic mass is 9.49. The van der Waals surface area contributed by atoms with Crippen LogP contribution in [-0.2, 0) is 9.59 Å². The molecule has 2 nitrogen and oxygen atoms in total. The summed E-state index contributed by atoms with van der Waals surface area (Å²) >= 11 is 0. The molecule has 0 saturated heterocycles. The molecule has 4 aliphatic rings. The van der Waals surface area contributed by atoms with E-state index in [0.717, 1.165) is 19.3 Å². The number of carbonyl (C=O) groups is 2. The average Bonchev–Trinajstić information content (AvgIpc) is 2.85. The van der Waals surface area contributed by atoms with Gasteiger partial charge in [0.2, 0.25) is 0 Å². The van der Waals surface area contributed by atoms with Crippen molar-refractivity contribution in [2.45, 2.75) is 46.5 Å². The molecule has 0 spiro atoms. The molecule has 2 saturated carbocycles. The van der Waals surface area contributed by atoms with Crippen molar-refractivity contribution in [3.8, 4) is 0 Å². The molecule has 6 unspecified atom stereocenters. The third kappa shape index (κ3) is 1.93. The highest BCUT2D eigenvalue weighted by molar-refractivity contribution is 6.01. The second-order valence-corrected chi connectivity index (χ2v) is 8.55. The fraction of sp³-hybridized carbons (Fsp3) is 0.619. The van der Waals surface area contributed by atoms with Gasteiger partial charge in [-0.2, -0.15) is 0 Å². The van der Waals surface area contributed by atoms with Gasteiger partial charge in [-0.15, -0.1) is 0 Å². The lowest BCUT2D eigenvalue weighted by molar-refractivity contribution is -0.126. The molecule has 0 aromatic heterocycles. The van der Waals surface area contributed by atoms with E-state index in [2.05, 4.69) is 32.1 Å². The fourth-order valence-corrected chi connectivity index (χ4v) is 6.32. The highest BCUT2D eigenvalue weighted by atomic mass is 16.1. The summed E-state index contributed by atoms with van der Waals surface area (Å²) in [6.07, 6.45) is 14.8. The van der Waals surface area contributed by atoms with Crippen LogP contribution in [0.1, 0.15) is 46.5 Å². The van der Waals surface area contributed by atoms with E-state index in [1.54, 1.807) is 13.0 Å². The first-order chi connectivity index (χ1) is 10.9. The van der Waals surface area contributed by atoms with Crippen molar-refractivity contribution in [3.63, 3.8) is 0 Å². The zero-order valence-electron chi connectivity index (χ0n) is 14.3. The van der Waals surface area contributed by atoms with Gasteiger partial charge in [0.25, 0.3) is 0 Å². The molecule has 0 heterocycles. The van der Waals surface area contributed by atoms with Gasteiger partial charge in [0.15, 0.2) is 5.78 Å².